The van der Waals surface area contributed by atoms with Gasteiger partial charge < -0.3 is 15.4 Å². The Kier molecular flexibility index (Phi) is 7.91. The lowest BCUT2D eigenvalue weighted by Crippen LogP contribution is -2.22. The molecule has 0 radical (unpaired) electrons. The minimum atomic E-state index is -0.771. The van der Waals surface area contributed by atoms with Crippen molar-refractivity contribution in [2.24, 2.45) is 0 Å². The topological polar surface area (TPSA) is 67.4 Å². The molecule has 0 heterocycles. The lowest BCUT2D eigenvalue weighted by Gasteiger charge is -2.18. The summed E-state index contributed by atoms with van der Waals surface area (Å²) in [5.74, 6) is -2.38. The highest BCUT2D eigenvalue weighted by Crippen LogP contribution is 2.27. The maximum absolute atomic E-state index is 13.9. The molecule has 7 heteroatoms. The molecule has 0 aliphatic carbocycles. The van der Waals surface area contributed by atoms with Crippen LogP contribution in [0.1, 0.15) is 45.7 Å². The van der Waals surface area contributed by atoms with Gasteiger partial charge in [-0.1, -0.05) is 12.1 Å². The Labute approximate surface area is 181 Å². The maximum atomic E-state index is 13.9. The van der Waals surface area contributed by atoms with E-state index < -0.39 is 29.1 Å². The average Bonchev–Trinajstić information content (AvgIpc) is 2.64. The Hall–Kier alpha value is -3.22. The van der Waals surface area contributed by atoms with Gasteiger partial charge in [0.15, 0.2) is 0 Å². The summed E-state index contributed by atoms with van der Waals surface area (Å²) < 4.78 is 32.3. The van der Waals surface area contributed by atoms with E-state index in [1.807, 2.05) is 13.0 Å². The molecular weight excluding hydrogens is 402 g/mol. The predicted molar refractivity (Wildman–Crippen MR) is 119 cm³/mol. The highest BCUT2D eigenvalue weighted by Gasteiger charge is 2.16. The van der Waals surface area contributed by atoms with Gasteiger partial charge in [-0.05, 0) is 69.5 Å². The Morgan fingerprint density at radius 3 is 2.39 bits per heavy atom. The molecule has 2 aromatic carbocycles. The number of carbonyl (C=O) groups excluding carboxylic acids is 2. The number of benzene rings is 2. The predicted octanol–water partition coefficient (Wildman–Crippen LogP) is 5.32. The Balaban J connectivity index is 2.24. The molecule has 0 atom stereocenters. The molecule has 0 spiro atoms. The van der Waals surface area contributed by atoms with Gasteiger partial charge in [-0.25, -0.2) is 13.6 Å². The van der Waals surface area contributed by atoms with Crippen molar-refractivity contribution in [3.8, 4) is 0 Å². The number of rotatable bonds is 7. The first-order valence-corrected chi connectivity index (χ1v) is 10.0. The Morgan fingerprint density at radius 1 is 1.06 bits per heavy atom. The van der Waals surface area contributed by atoms with Crippen LogP contribution in [0.25, 0.3) is 5.57 Å². The number of allylic oxidation sites excluding steroid dienone is 1. The molecule has 0 aliphatic heterocycles. The molecule has 0 bridgehead atoms. The van der Waals surface area contributed by atoms with Crippen LogP contribution < -0.4 is 10.6 Å². The molecule has 31 heavy (non-hydrogen) atoms. The molecule has 0 saturated carbocycles. The summed E-state index contributed by atoms with van der Waals surface area (Å²) in [5, 5.41) is 5.92. The van der Waals surface area contributed by atoms with E-state index in [1.54, 1.807) is 39.8 Å². The van der Waals surface area contributed by atoms with Crippen molar-refractivity contribution in [3.05, 3.63) is 65.2 Å². The molecule has 2 aromatic rings. The standard InChI is InChI=1S/C24H28F2N2O3/c1-6-27-20-10-8-16(15(2)11-23(30)31-24(3,4)5)12-21(20)28-22(29)13-17-7-9-18(25)14-19(17)26/h7-12,14,27H,6,13H2,1-5H3,(H,28,29)/b15-11-. The van der Waals surface area contributed by atoms with Crippen LogP contribution in [0.3, 0.4) is 0 Å². The zero-order chi connectivity index (χ0) is 23.2. The van der Waals surface area contributed by atoms with E-state index in [4.69, 9.17) is 4.74 Å². The summed E-state index contributed by atoms with van der Waals surface area (Å²) >= 11 is 0. The third-order valence-electron chi connectivity index (χ3n) is 4.22. The van der Waals surface area contributed by atoms with Crippen molar-refractivity contribution in [1.82, 2.24) is 0 Å². The van der Waals surface area contributed by atoms with Gasteiger partial charge in [-0.2, -0.15) is 0 Å². The fourth-order valence-electron chi connectivity index (χ4n) is 2.86. The number of halogens is 2. The van der Waals surface area contributed by atoms with Crippen molar-refractivity contribution in [2.45, 2.75) is 46.6 Å². The van der Waals surface area contributed by atoms with Gasteiger partial charge in [-0.15, -0.1) is 0 Å². The molecule has 2 N–H and O–H groups in total. The van der Waals surface area contributed by atoms with Gasteiger partial charge in [-0.3, -0.25) is 4.79 Å². The molecule has 0 unspecified atom stereocenters. The number of anilines is 2. The van der Waals surface area contributed by atoms with Crippen LogP contribution in [0.2, 0.25) is 0 Å². The first-order valence-electron chi connectivity index (χ1n) is 10.0. The van der Waals surface area contributed by atoms with Gasteiger partial charge in [0.1, 0.15) is 17.2 Å². The van der Waals surface area contributed by atoms with Crippen LogP contribution in [0.15, 0.2) is 42.5 Å². The number of esters is 1. The third-order valence-corrected chi connectivity index (χ3v) is 4.22. The van der Waals surface area contributed by atoms with Crippen LogP contribution in [-0.2, 0) is 20.7 Å². The van der Waals surface area contributed by atoms with Crippen LogP contribution in [0, 0.1) is 11.6 Å². The van der Waals surface area contributed by atoms with Gasteiger partial charge in [0.2, 0.25) is 5.91 Å². The molecule has 5 nitrogen and oxygen atoms in total. The van der Waals surface area contributed by atoms with Gasteiger partial charge in [0.25, 0.3) is 0 Å². The fraction of sp³-hybridized carbons (Fsp3) is 0.333. The largest absolute Gasteiger partial charge is 0.457 e. The molecule has 0 aromatic heterocycles. The number of amides is 1. The summed E-state index contributed by atoms with van der Waals surface area (Å²) in [5.41, 5.74) is 2.06. The quantitative estimate of drug-likeness (QED) is 0.461. The molecule has 0 fully saturated rings. The van der Waals surface area contributed by atoms with Crippen LogP contribution in [0.5, 0.6) is 0 Å². The Bertz CT molecular complexity index is 995. The van der Waals surface area contributed by atoms with Crippen molar-refractivity contribution in [2.75, 3.05) is 17.2 Å². The van der Waals surface area contributed by atoms with Crippen molar-refractivity contribution in [1.29, 1.82) is 0 Å². The van der Waals surface area contributed by atoms with E-state index in [-0.39, 0.29) is 12.0 Å². The van der Waals surface area contributed by atoms with Crippen LogP contribution in [0.4, 0.5) is 20.2 Å². The molecule has 0 saturated heterocycles. The van der Waals surface area contributed by atoms with E-state index in [2.05, 4.69) is 10.6 Å². The molecular formula is C24H28F2N2O3. The number of hydrogen-bond donors (Lipinski definition) is 2. The summed E-state index contributed by atoms with van der Waals surface area (Å²) in [6, 6.07) is 8.45. The fourth-order valence-corrected chi connectivity index (χ4v) is 2.86. The second-order valence-corrected chi connectivity index (χ2v) is 8.11. The van der Waals surface area contributed by atoms with Crippen molar-refractivity contribution < 1.29 is 23.1 Å². The van der Waals surface area contributed by atoms with Crippen molar-refractivity contribution >= 4 is 28.8 Å². The van der Waals surface area contributed by atoms with E-state index in [9.17, 15) is 18.4 Å². The molecule has 0 aliphatic rings. The minimum absolute atomic E-state index is 0.0982. The second kappa shape index (κ2) is 10.2. The zero-order valence-corrected chi connectivity index (χ0v) is 18.4. The van der Waals surface area contributed by atoms with E-state index >= 15 is 0 Å². The number of nitrogens with one attached hydrogen (secondary N) is 2. The zero-order valence-electron chi connectivity index (χ0n) is 18.4. The minimum Gasteiger partial charge on any atom is -0.457 e. The smallest absolute Gasteiger partial charge is 0.331 e. The summed E-state index contributed by atoms with van der Waals surface area (Å²) in [7, 11) is 0. The molecule has 2 rings (SSSR count). The van der Waals surface area contributed by atoms with Gasteiger partial charge in [0.05, 0.1) is 17.8 Å². The molecule has 1 amide bonds. The number of carbonyl (C=O) groups is 2. The lowest BCUT2D eigenvalue weighted by atomic mass is 10.0. The monoisotopic (exact) mass is 430 g/mol. The van der Waals surface area contributed by atoms with E-state index in [0.29, 0.717) is 23.5 Å². The lowest BCUT2D eigenvalue weighted by molar-refractivity contribution is -0.148. The number of ether oxygens (including phenoxy) is 1. The highest BCUT2D eigenvalue weighted by atomic mass is 19.1. The van der Waals surface area contributed by atoms with E-state index in [0.717, 1.165) is 17.7 Å². The molecule has 166 valence electrons. The van der Waals surface area contributed by atoms with Gasteiger partial charge in [0, 0.05) is 18.7 Å². The summed E-state index contributed by atoms with van der Waals surface area (Å²) in [6.07, 6.45) is 1.15. The average molecular weight is 430 g/mol. The van der Waals surface area contributed by atoms with E-state index in [1.165, 1.54) is 12.1 Å². The first-order chi connectivity index (χ1) is 14.5. The first kappa shape index (κ1) is 24.1. The maximum Gasteiger partial charge on any atom is 0.331 e. The highest BCUT2D eigenvalue weighted by molar-refractivity contribution is 5.97. The summed E-state index contributed by atoms with van der Waals surface area (Å²) in [4.78, 5) is 24.6. The second-order valence-electron chi connectivity index (χ2n) is 8.11. The number of hydrogen-bond acceptors (Lipinski definition) is 4. The van der Waals surface area contributed by atoms with Gasteiger partial charge >= 0.3 is 5.97 Å². The SMILES string of the molecule is CCNc1ccc(/C(C)=C\C(=O)OC(C)(C)C)cc1NC(=O)Cc1ccc(F)cc1F. The normalized spacial score (nSPS) is 11.8. The summed E-state index contributed by atoms with van der Waals surface area (Å²) in [6.45, 7) is 9.68. The van der Waals surface area contributed by atoms with Crippen LogP contribution >= 0.6 is 0 Å². The van der Waals surface area contributed by atoms with Crippen molar-refractivity contribution in [3.63, 3.8) is 0 Å². The third kappa shape index (κ3) is 7.51. The van der Waals surface area contributed by atoms with Crippen LogP contribution in [-0.4, -0.2) is 24.0 Å². The Morgan fingerprint density at radius 2 is 1.77 bits per heavy atom.